The summed E-state index contributed by atoms with van der Waals surface area (Å²) in [5, 5.41) is 21.2. The number of carboxylic acids is 1. The molecule has 0 atom stereocenters. The highest BCUT2D eigenvalue weighted by Gasteiger charge is 2.15. The second kappa shape index (κ2) is 6.54. The van der Waals surface area contributed by atoms with E-state index in [0.29, 0.717) is 11.3 Å². The maximum Gasteiger partial charge on any atom is 0.160 e. The molecule has 0 N–H and O–H groups in total. The average Bonchev–Trinajstić information content (AvgIpc) is 2.68. The number of pyridine rings is 1. The third-order valence-electron chi connectivity index (χ3n) is 4.10. The first kappa shape index (κ1) is 16.2. The van der Waals surface area contributed by atoms with Crippen molar-refractivity contribution in [1.29, 1.82) is 0 Å². The molecule has 0 unspecified atom stereocenters. The number of halogens is 1. The molecule has 0 amide bonds. The average molecular weight is 361 g/mol. The molecule has 5 nitrogen and oxygen atoms in total. The molecule has 2 aromatic heterocycles. The fourth-order valence-corrected chi connectivity index (χ4v) is 3.16. The zero-order valence-electron chi connectivity index (χ0n) is 13.4. The Hall–Kier alpha value is -3.31. The maximum atomic E-state index is 11.1. The van der Waals surface area contributed by atoms with Gasteiger partial charge in [0, 0.05) is 34.3 Å². The predicted octanol–water partition coefficient (Wildman–Crippen LogP) is 3.38. The number of nitrogens with zero attached hydrogens (tertiary/aromatic N) is 3. The summed E-state index contributed by atoms with van der Waals surface area (Å²) in [6.45, 7) is 0. The van der Waals surface area contributed by atoms with Gasteiger partial charge in [-0.25, -0.2) is 0 Å². The summed E-state index contributed by atoms with van der Waals surface area (Å²) >= 11 is 6.36. The summed E-state index contributed by atoms with van der Waals surface area (Å²) in [5.41, 5.74) is 2.95. The molecule has 0 radical (unpaired) electrons. The lowest BCUT2D eigenvalue weighted by atomic mass is 9.97. The summed E-state index contributed by atoms with van der Waals surface area (Å²) in [4.78, 5) is 15.1. The van der Waals surface area contributed by atoms with E-state index in [1.165, 1.54) is 12.3 Å². The summed E-state index contributed by atoms with van der Waals surface area (Å²) in [7, 11) is 0. The molecule has 0 fully saturated rings. The molecule has 0 saturated carbocycles. The lowest BCUT2D eigenvalue weighted by Crippen LogP contribution is -2.22. The van der Waals surface area contributed by atoms with Gasteiger partial charge in [-0.15, -0.1) is 10.2 Å². The van der Waals surface area contributed by atoms with Crippen LogP contribution in [0.2, 0.25) is 5.15 Å². The molecule has 0 bridgehead atoms. The number of aromatic nitrogens is 3. The van der Waals surface area contributed by atoms with Crippen LogP contribution in [-0.2, 0) is 0 Å². The van der Waals surface area contributed by atoms with Crippen LogP contribution in [0.4, 0.5) is 0 Å². The first-order valence-electron chi connectivity index (χ1n) is 7.82. The molecule has 0 aliphatic carbocycles. The minimum Gasteiger partial charge on any atom is -0.545 e. The van der Waals surface area contributed by atoms with Gasteiger partial charge < -0.3 is 9.90 Å². The molecule has 0 spiro atoms. The van der Waals surface area contributed by atoms with Gasteiger partial charge in [-0.05, 0) is 17.2 Å². The minimum absolute atomic E-state index is 0.0217. The Labute approximate surface area is 153 Å². The van der Waals surface area contributed by atoms with Gasteiger partial charge >= 0.3 is 0 Å². The Morgan fingerprint density at radius 2 is 1.73 bits per heavy atom. The molecular formula is C20H11ClN3O2-. The highest BCUT2D eigenvalue weighted by molar-refractivity contribution is 6.35. The lowest BCUT2D eigenvalue weighted by Gasteiger charge is -2.11. The number of hydrogen-bond donors (Lipinski definition) is 0. The molecule has 26 heavy (non-hydrogen) atoms. The molecule has 6 heteroatoms. The Balaban J connectivity index is 2.01. The molecule has 4 rings (SSSR count). The van der Waals surface area contributed by atoms with Crippen molar-refractivity contribution in [1.82, 2.24) is 15.2 Å². The van der Waals surface area contributed by atoms with Crippen LogP contribution in [0.1, 0.15) is 10.4 Å². The largest absolute Gasteiger partial charge is 0.545 e. The van der Waals surface area contributed by atoms with E-state index in [4.69, 9.17) is 11.6 Å². The van der Waals surface area contributed by atoms with Crippen molar-refractivity contribution in [3.8, 4) is 22.4 Å². The number of carbonyl (C=O) groups is 1. The van der Waals surface area contributed by atoms with Gasteiger partial charge in [-0.2, -0.15) is 0 Å². The van der Waals surface area contributed by atoms with Crippen LogP contribution >= 0.6 is 11.6 Å². The van der Waals surface area contributed by atoms with Crippen molar-refractivity contribution < 1.29 is 9.90 Å². The number of hydrogen-bond acceptors (Lipinski definition) is 5. The number of fused-ring (bicyclic) bond motifs is 1. The van der Waals surface area contributed by atoms with Crippen LogP contribution in [0.5, 0.6) is 0 Å². The zero-order valence-corrected chi connectivity index (χ0v) is 14.1. The summed E-state index contributed by atoms with van der Waals surface area (Å²) < 4.78 is 0. The monoisotopic (exact) mass is 360 g/mol. The predicted molar refractivity (Wildman–Crippen MR) is 97.5 cm³/mol. The Morgan fingerprint density at radius 1 is 0.923 bits per heavy atom. The normalized spacial score (nSPS) is 10.8. The fraction of sp³-hybridized carbons (Fsp3) is 0. The molecule has 126 valence electrons. The number of rotatable bonds is 3. The van der Waals surface area contributed by atoms with Crippen LogP contribution in [0.25, 0.3) is 33.2 Å². The van der Waals surface area contributed by atoms with E-state index in [1.54, 1.807) is 6.20 Å². The molecule has 0 saturated heterocycles. The summed E-state index contributed by atoms with van der Waals surface area (Å²) in [6, 6.07) is 17.0. The number of carbonyl (C=O) groups excluding carboxylic acids is 1. The molecule has 2 heterocycles. The van der Waals surface area contributed by atoms with Crippen molar-refractivity contribution in [3.05, 3.63) is 77.7 Å². The summed E-state index contributed by atoms with van der Waals surface area (Å²) in [6.07, 6.45) is 2.78. The van der Waals surface area contributed by atoms with Gasteiger partial charge in [0.05, 0.1) is 5.97 Å². The van der Waals surface area contributed by atoms with Gasteiger partial charge in [0.25, 0.3) is 0 Å². The summed E-state index contributed by atoms with van der Waals surface area (Å²) in [5.74, 6) is -1.30. The van der Waals surface area contributed by atoms with Crippen molar-refractivity contribution in [3.63, 3.8) is 0 Å². The number of benzene rings is 2. The smallest absolute Gasteiger partial charge is 0.160 e. The fourth-order valence-electron chi connectivity index (χ4n) is 2.92. The molecule has 0 aliphatic heterocycles. The van der Waals surface area contributed by atoms with Gasteiger partial charge in [-0.1, -0.05) is 60.1 Å². The second-order valence-corrected chi connectivity index (χ2v) is 6.04. The van der Waals surface area contributed by atoms with Crippen molar-refractivity contribution in [2.24, 2.45) is 0 Å². The minimum atomic E-state index is -1.30. The van der Waals surface area contributed by atoms with E-state index in [1.807, 2.05) is 48.5 Å². The van der Waals surface area contributed by atoms with E-state index in [9.17, 15) is 9.90 Å². The van der Waals surface area contributed by atoms with Crippen LogP contribution in [0.3, 0.4) is 0 Å². The topological polar surface area (TPSA) is 78.8 Å². The Kier molecular flexibility index (Phi) is 4.07. The van der Waals surface area contributed by atoms with Gasteiger partial charge in [-0.3, -0.25) is 4.98 Å². The van der Waals surface area contributed by atoms with Gasteiger partial charge in [0.15, 0.2) is 5.15 Å². The van der Waals surface area contributed by atoms with E-state index >= 15 is 0 Å². The highest BCUT2D eigenvalue weighted by Crippen LogP contribution is 2.36. The van der Waals surface area contributed by atoms with E-state index < -0.39 is 5.97 Å². The molecular weight excluding hydrogens is 350 g/mol. The number of carboxylic acid groups (broad SMARTS) is 1. The molecule has 0 aliphatic rings. The van der Waals surface area contributed by atoms with Crippen molar-refractivity contribution in [2.75, 3.05) is 0 Å². The Morgan fingerprint density at radius 3 is 2.50 bits per heavy atom. The van der Waals surface area contributed by atoms with Gasteiger partial charge in [0.2, 0.25) is 0 Å². The highest BCUT2D eigenvalue weighted by atomic mass is 35.5. The first-order chi connectivity index (χ1) is 12.6. The molecule has 4 aromatic rings. The molecule has 2 aromatic carbocycles. The zero-order chi connectivity index (χ0) is 18.1. The lowest BCUT2D eigenvalue weighted by molar-refractivity contribution is -0.255. The standard InChI is InChI=1S/C20H12ClN3O2/c21-19-17-15(12-5-2-1-3-6-12)7-4-8-16(17)18(23-24-19)13-9-14(20(25)26)11-22-10-13/h1-11H,(H,25,26)/p-1. The Bertz CT molecular complexity index is 1130. The van der Waals surface area contributed by atoms with Gasteiger partial charge in [0.1, 0.15) is 5.69 Å². The van der Waals surface area contributed by atoms with E-state index in [0.717, 1.165) is 21.9 Å². The third kappa shape index (κ3) is 2.78. The van der Waals surface area contributed by atoms with Crippen LogP contribution in [0.15, 0.2) is 67.0 Å². The first-order valence-corrected chi connectivity index (χ1v) is 8.20. The van der Waals surface area contributed by atoms with Crippen molar-refractivity contribution in [2.45, 2.75) is 0 Å². The van der Waals surface area contributed by atoms with Crippen LogP contribution in [-0.4, -0.2) is 21.2 Å². The van der Waals surface area contributed by atoms with Crippen LogP contribution in [0, 0.1) is 0 Å². The third-order valence-corrected chi connectivity index (χ3v) is 4.36. The second-order valence-electron chi connectivity index (χ2n) is 5.68. The van der Waals surface area contributed by atoms with E-state index in [2.05, 4.69) is 15.2 Å². The maximum absolute atomic E-state index is 11.1. The quantitative estimate of drug-likeness (QED) is 0.559. The van der Waals surface area contributed by atoms with Crippen LogP contribution < -0.4 is 5.11 Å². The van der Waals surface area contributed by atoms with E-state index in [-0.39, 0.29) is 10.7 Å². The van der Waals surface area contributed by atoms with Crippen molar-refractivity contribution >= 4 is 28.3 Å². The number of aromatic carboxylic acids is 1. The SMILES string of the molecule is O=C([O-])c1cncc(-c2nnc(Cl)c3c(-c4ccccc4)cccc23)c1.